The topological polar surface area (TPSA) is 85.1 Å². The summed E-state index contributed by atoms with van der Waals surface area (Å²) in [5, 5.41) is 2.08. The molecule has 3 N–H and O–H groups in total. The highest BCUT2D eigenvalue weighted by Gasteiger charge is 2.19. The van der Waals surface area contributed by atoms with Crippen LogP contribution < -0.4 is 10.5 Å². The summed E-state index contributed by atoms with van der Waals surface area (Å²) in [5.74, 6) is -0.395. The molecule has 0 spiro atoms. The predicted octanol–water partition coefficient (Wildman–Crippen LogP) is 3.10. The molecular formula is C13H16FN3O2S2. The summed E-state index contributed by atoms with van der Waals surface area (Å²) in [6.07, 6.45) is 0. The summed E-state index contributed by atoms with van der Waals surface area (Å²) in [6.45, 7) is 5.40. The molecule has 0 aliphatic heterocycles. The van der Waals surface area contributed by atoms with E-state index in [1.807, 2.05) is 13.8 Å². The number of nitrogens with zero attached hydrogens (tertiary/aromatic N) is 1. The molecular weight excluding hydrogens is 313 g/mol. The Morgan fingerprint density at radius 1 is 1.38 bits per heavy atom. The summed E-state index contributed by atoms with van der Waals surface area (Å²) in [6, 6.07) is 2.34. The highest BCUT2D eigenvalue weighted by atomic mass is 32.2. The Bertz CT molecular complexity index is 746. The number of halogens is 1. The zero-order valence-electron chi connectivity index (χ0n) is 11.8. The molecule has 1 aromatic heterocycles. The van der Waals surface area contributed by atoms with Gasteiger partial charge in [-0.15, -0.1) is 11.3 Å². The lowest BCUT2D eigenvalue weighted by Crippen LogP contribution is -2.14. The van der Waals surface area contributed by atoms with Gasteiger partial charge in [0.05, 0.1) is 16.3 Å². The molecule has 114 valence electrons. The Kier molecular flexibility index (Phi) is 4.20. The fourth-order valence-electron chi connectivity index (χ4n) is 1.69. The molecule has 2 aromatic rings. The van der Waals surface area contributed by atoms with E-state index in [9.17, 15) is 12.8 Å². The van der Waals surface area contributed by atoms with Gasteiger partial charge in [-0.25, -0.2) is 17.8 Å². The first-order valence-electron chi connectivity index (χ1n) is 6.24. The fourth-order valence-corrected chi connectivity index (χ4v) is 3.93. The first-order valence-corrected chi connectivity index (χ1v) is 8.61. The Labute approximate surface area is 127 Å². The van der Waals surface area contributed by atoms with Crippen molar-refractivity contribution in [2.75, 3.05) is 10.5 Å². The maximum Gasteiger partial charge on any atom is 0.263 e. The molecule has 2 rings (SSSR count). The van der Waals surface area contributed by atoms with Gasteiger partial charge in [-0.3, -0.25) is 4.72 Å². The van der Waals surface area contributed by atoms with Crippen molar-refractivity contribution in [2.24, 2.45) is 0 Å². The Hall–Kier alpha value is -1.67. The number of sulfonamides is 1. The molecule has 5 nitrogen and oxygen atoms in total. The van der Waals surface area contributed by atoms with Crippen molar-refractivity contribution >= 4 is 32.2 Å². The average Bonchev–Trinajstić information content (AvgIpc) is 2.83. The monoisotopic (exact) mass is 329 g/mol. The third-order valence-electron chi connectivity index (χ3n) is 2.90. The molecule has 1 aromatic carbocycles. The van der Waals surface area contributed by atoms with Gasteiger partial charge in [-0.2, -0.15) is 0 Å². The largest absolute Gasteiger partial charge is 0.396 e. The first kappa shape index (κ1) is 15.7. The van der Waals surface area contributed by atoms with Crippen LogP contribution in [0, 0.1) is 12.7 Å². The van der Waals surface area contributed by atoms with E-state index in [0.717, 1.165) is 11.8 Å². The van der Waals surface area contributed by atoms with E-state index in [-0.39, 0.29) is 27.2 Å². The van der Waals surface area contributed by atoms with Crippen molar-refractivity contribution in [2.45, 2.75) is 31.6 Å². The minimum Gasteiger partial charge on any atom is -0.396 e. The molecule has 0 radical (unpaired) electrons. The van der Waals surface area contributed by atoms with Crippen molar-refractivity contribution < 1.29 is 12.8 Å². The van der Waals surface area contributed by atoms with Crippen LogP contribution in [0.2, 0.25) is 0 Å². The van der Waals surface area contributed by atoms with Crippen LogP contribution in [0.1, 0.15) is 31.0 Å². The fraction of sp³-hybridized carbons (Fsp3) is 0.308. The summed E-state index contributed by atoms with van der Waals surface area (Å²) in [7, 11) is -3.84. The number of thiazole rings is 1. The zero-order chi connectivity index (χ0) is 15.8. The summed E-state index contributed by atoms with van der Waals surface area (Å²) in [4.78, 5) is 4.12. The maximum absolute atomic E-state index is 13.5. The van der Waals surface area contributed by atoms with E-state index in [4.69, 9.17) is 5.73 Å². The van der Waals surface area contributed by atoms with E-state index in [2.05, 4.69) is 9.71 Å². The lowest BCUT2D eigenvalue weighted by atomic mass is 10.2. The molecule has 8 heteroatoms. The number of nitrogen functional groups attached to an aromatic ring is 1. The second kappa shape index (κ2) is 5.61. The van der Waals surface area contributed by atoms with E-state index >= 15 is 0 Å². The Balaban J connectivity index is 2.33. The van der Waals surface area contributed by atoms with Crippen LogP contribution in [0.4, 0.5) is 15.2 Å². The minimum atomic E-state index is -3.84. The molecule has 0 fully saturated rings. The van der Waals surface area contributed by atoms with Gasteiger partial charge in [0.1, 0.15) is 5.82 Å². The normalized spacial score (nSPS) is 11.9. The van der Waals surface area contributed by atoms with Crippen LogP contribution in [0.3, 0.4) is 0 Å². The van der Waals surface area contributed by atoms with Crippen molar-refractivity contribution in [3.63, 3.8) is 0 Å². The predicted molar refractivity (Wildman–Crippen MR) is 82.6 cm³/mol. The molecule has 0 atom stereocenters. The van der Waals surface area contributed by atoms with Gasteiger partial charge in [0.15, 0.2) is 5.13 Å². The molecule has 21 heavy (non-hydrogen) atoms. The van der Waals surface area contributed by atoms with Gasteiger partial charge < -0.3 is 5.73 Å². The molecule has 0 saturated heterocycles. The van der Waals surface area contributed by atoms with E-state index in [1.165, 1.54) is 24.3 Å². The summed E-state index contributed by atoms with van der Waals surface area (Å²) in [5.41, 5.74) is 6.27. The van der Waals surface area contributed by atoms with Gasteiger partial charge in [0.2, 0.25) is 0 Å². The lowest BCUT2D eigenvalue weighted by molar-refractivity contribution is 0.599. The van der Waals surface area contributed by atoms with Crippen LogP contribution in [0.25, 0.3) is 0 Å². The number of hydrogen-bond acceptors (Lipinski definition) is 5. The molecule has 0 bridgehead atoms. The number of anilines is 2. The second-order valence-corrected chi connectivity index (χ2v) is 7.52. The Morgan fingerprint density at radius 2 is 2.05 bits per heavy atom. The van der Waals surface area contributed by atoms with E-state index in [0.29, 0.717) is 0 Å². The smallest absolute Gasteiger partial charge is 0.263 e. The third-order valence-corrected chi connectivity index (χ3v) is 5.13. The lowest BCUT2D eigenvalue weighted by Gasteiger charge is -2.08. The van der Waals surface area contributed by atoms with Crippen LogP contribution in [0.5, 0.6) is 0 Å². The zero-order valence-corrected chi connectivity index (χ0v) is 13.5. The van der Waals surface area contributed by atoms with Crippen molar-refractivity contribution in [3.8, 4) is 0 Å². The summed E-state index contributed by atoms with van der Waals surface area (Å²) < 4.78 is 40.4. The maximum atomic E-state index is 13.5. The number of rotatable bonds is 4. The van der Waals surface area contributed by atoms with Crippen molar-refractivity contribution in [3.05, 3.63) is 34.6 Å². The average molecular weight is 329 g/mol. The van der Waals surface area contributed by atoms with Gasteiger partial charge >= 0.3 is 0 Å². The quantitative estimate of drug-likeness (QED) is 0.844. The first-order chi connectivity index (χ1) is 9.70. The van der Waals surface area contributed by atoms with Crippen LogP contribution in [-0.4, -0.2) is 13.4 Å². The highest BCUT2D eigenvalue weighted by Crippen LogP contribution is 2.26. The van der Waals surface area contributed by atoms with E-state index < -0.39 is 15.8 Å². The summed E-state index contributed by atoms with van der Waals surface area (Å²) >= 11 is 1.20. The van der Waals surface area contributed by atoms with Crippen LogP contribution >= 0.6 is 11.3 Å². The third kappa shape index (κ3) is 3.33. The number of aryl methyl sites for hydroxylation is 1. The molecule has 0 aliphatic carbocycles. The standard InChI is InChI=1S/C13H16FN3O2S2/c1-7(2)11-6-20-13(16-11)17-21(18,19)9-4-8(3)12(14)10(15)5-9/h4-7H,15H2,1-3H3,(H,16,17). The van der Waals surface area contributed by atoms with Crippen LogP contribution in [0.15, 0.2) is 22.4 Å². The number of nitrogens with one attached hydrogen (secondary N) is 1. The number of nitrogens with two attached hydrogens (primary N) is 1. The van der Waals surface area contributed by atoms with Crippen molar-refractivity contribution in [1.29, 1.82) is 0 Å². The number of aromatic nitrogens is 1. The number of benzene rings is 1. The second-order valence-electron chi connectivity index (χ2n) is 4.98. The van der Waals surface area contributed by atoms with Crippen molar-refractivity contribution in [1.82, 2.24) is 4.98 Å². The molecule has 0 unspecified atom stereocenters. The SMILES string of the molecule is Cc1cc(S(=O)(=O)Nc2nc(C(C)C)cs2)cc(N)c1F. The highest BCUT2D eigenvalue weighted by molar-refractivity contribution is 7.93. The van der Waals surface area contributed by atoms with Gasteiger partial charge in [0, 0.05) is 5.38 Å². The van der Waals surface area contributed by atoms with Gasteiger partial charge in [0.25, 0.3) is 10.0 Å². The Morgan fingerprint density at radius 3 is 2.57 bits per heavy atom. The number of hydrogen-bond donors (Lipinski definition) is 2. The van der Waals surface area contributed by atoms with Gasteiger partial charge in [-0.1, -0.05) is 13.8 Å². The molecule has 0 amide bonds. The molecule has 0 aliphatic rings. The minimum absolute atomic E-state index is 0.0832. The van der Waals surface area contributed by atoms with Gasteiger partial charge in [-0.05, 0) is 30.5 Å². The van der Waals surface area contributed by atoms with E-state index in [1.54, 1.807) is 5.38 Å². The molecule has 0 saturated carbocycles. The van der Waals surface area contributed by atoms with Crippen LogP contribution in [-0.2, 0) is 10.0 Å². The molecule has 1 heterocycles.